The Hall–Kier alpha value is -1.71. The van der Waals surface area contributed by atoms with Crippen molar-refractivity contribution in [1.29, 1.82) is 0 Å². The highest BCUT2D eigenvalue weighted by atomic mass is 16.5. The lowest BCUT2D eigenvalue weighted by Crippen LogP contribution is -2.27. The van der Waals surface area contributed by atoms with E-state index in [0.29, 0.717) is 17.9 Å². The van der Waals surface area contributed by atoms with E-state index in [0.717, 1.165) is 11.3 Å². The molecule has 0 radical (unpaired) electrons. The number of anilines is 2. The third-order valence-electron chi connectivity index (χ3n) is 2.76. The van der Waals surface area contributed by atoms with Crippen molar-refractivity contribution in [3.8, 4) is 5.75 Å². The molecule has 4 heteroatoms. The Balaban J connectivity index is 2.59. The quantitative estimate of drug-likeness (QED) is 0.677. The van der Waals surface area contributed by atoms with Gasteiger partial charge in [0.25, 0.3) is 0 Å². The van der Waals surface area contributed by atoms with Gasteiger partial charge < -0.3 is 15.4 Å². The molecule has 0 aromatic heterocycles. The van der Waals surface area contributed by atoms with Gasteiger partial charge in [0.2, 0.25) is 5.91 Å². The Morgan fingerprint density at radius 1 is 1.50 bits per heavy atom. The lowest BCUT2D eigenvalue weighted by Gasteiger charge is -2.18. The molecule has 1 atom stereocenters. The van der Waals surface area contributed by atoms with Gasteiger partial charge in [0.15, 0.2) is 5.75 Å². The first-order valence-corrected chi connectivity index (χ1v) is 5.32. The maximum Gasteiger partial charge on any atom is 0.230 e. The number of fused-ring (bicyclic) bond motifs is 1. The molecular formula is C12H16N2O2. The minimum absolute atomic E-state index is 0.0521. The molecule has 1 heterocycles. The van der Waals surface area contributed by atoms with Crippen molar-refractivity contribution in [3.05, 3.63) is 17.7 Å². The Morgan fingerprint density at radius 2 is 2.19 bits per heavy atom. The third kappa shape index (κ3) is 1.71. The van der Waals surface area contributed by atoms with Gasteiger partial charge in [-0.1, -0.05) is 0 Å². The van der Waals surface area contributed by atoms with Crippen molar-refractivity contribution in [1.82, 2.24) is 0 Å². The van der Waals surface area contributed by atoms with E-state index in [2.05, 4.69) is 0 Å². The lowest BCUT2D eigenvalue weighted by atomic mass is 10.1. The molecule has 1 aromatic rings. The summed E-state index contributed by atoms with van der Waals surface area (Å²) < 4.78 is 5.70. The van der Waals surface area contributed by atoms with Crippen LogP contribution in [0.25, 0.3) is 0 Å². The number of aryl methyl sites for hydroxylation is 1. The van der Waals surface area contributed by atoms with Gasteiger partial charge in [-0.15, -0.1) is 0 Å². The molecule has 4 nitrogen and oxygen atoms in total. The molecular weight excluding hydrogens is 204 g/mol. The molecule has 2 N–H and O–H groups in total. The normalized spacial score (nSPS) is 20.1. The van der Waals surface area contributed by atoms with Gasteiger partial charge in [-0.3, -0.25) is 4.79 Å². The van der Waals surface area contributed by atoms with E-state index in [4.69, 9.17) is 10.5 Å². The topological polar surface area (TPSA) is 55.6 Å². The number of hydrogen-bond donors (Lipinski definition) is 1. The van der Waals surface area contributed by atoms with Crippen molar-refractivity contribution >= 4 is 17.3 Å². The van der Waals surface area contributed by atoms with Gasteiger partial charge in [-0.25, -0.2) is 0 Å². The lowest BCUT2D eigenvalue weighted by molar-refractivity contribution is -0.119. The molecule has 1 amide bonds. The van der Waals surface area contributed by atoms with Crippen LogP contribution in [0.15, 0.2) is 12.1 Å². The van der Waals surface area contributed by atoms with Crippen LogP contribution in [-0.2, 0) is 4.79 Å². The summed E-state index contributed by atoms with van der Waals surface area (Å²) in [7, 11) is 1.75. The van der Waals surface area contributed by atoms with Gasteiger partial charge in [0, 0.05) is 7.05 Å². The zero-order valence-electron chi connectivity index (χ0n) is 9.78. The van der Waals surface area contributed by atoms with Crippen LogP contribution < -0.4 is 15.4 Å². The zero-order valence-corrected chi connectivity index (χ0v) is 9.78. The second-order valence-electron chi connectivity index (χ2n) is 4.29. The van der Waals surface area contributed by atoms with Crippen LogP contribution in [0.3, 0.4) is 0 Å². The van der Waals surface area contributed by atoms with Crippen LogP contribution in [0.2, 0.25) is 0 Å². The number of benzene rings is 1. The Kier molecular flexibility index (Phi) is 2.50. The number of nitrogens with zero attached hydrogens (tertiary/aromatic N) is 1. The minimum Gasteiger partial charge on any atom is -0.486 e. The second kappa shape index (κ2) is 3.70. The molecule has 0 saturated heterocycles. The summed E-state index contributed by atoms with van der Waals surface area (Å²) in [5.74, 6) is 0.669. The summed E-state index contributed by atoms with van der Waals surface area (Å²) >= 11 is 0. The second-order valence-corrected chi connectivity index (χ2v) is 4.29. The highest BCUT2D eigenvalue weighted by Crippen LogP contribution is 2.38. The van der Waals surface area contributed by atoms with E-state index in [-0.39, 0.29) is 12.0 Å². The Morgan fingerprint density at radius 3 is 2.88 bits per heavy atom. The number of amides is 1. The summed E-state index contributed by atoms with van der Waals surface area (Å²) in [5.41, 5.74) is 8.28. The average molecular weight is 220 g/mol. The summed E-state index contributed by atoms with van der Waals surface area (Å²) in [6, 6.07) is 3.77. The van der Waals surface area contributed by atoms with Gasteiger partial charge in [0.05, 0.1) is 17.8 Å². The third-order valence-corrected chi connectivity index (χ3v) is 2.76. The first kappa shape index (κ1) is 10.8. The maximum absolute atomic E-state index is 11.8. The molecule has 0 bridgehead atoms. The molecule has 2 rings (SSSR count). The largest absolute Gasteiger partial charge is 0.486 e. The average Bonchev–Trinajstić information content (AvgIpc) is 2.29. The monoisotopic (exact) mass is 220 g/mol. The molecule has 0 saturated carbocycles. The molecule has 86 valence electrons. The highest BCUT2D eigenvalue weighted by molar-refractivity contribution is 5.96. The number of nitrogens with two attached hydrogens (primary N) is 1. The van der Waals surface area contributed by atoms with Gasteiger partial charge in [-0.05, 0) is 31.5 Å². The summed E-state index contributed by atoms with van der Waals surface area (Å²) in [6.07, 6.45) is 0.241. The number of hydrogen-bond acceptors (Lipinski definition) is 3. The van der Waals surface area contributed by atoms with E-state index in [1.54, 1.807) is 11.9 Å². The maximum atomic E-state index is 11.8. The highest BCUT2D eigenvalue weighted by Gasteiger charge is 2.25. The predicted octanol–water partition coefficient (Wildman–Crippen LogP) is 1.71. The zero-order chi connectivity index (χ0) is 11.9. The van der Waals surface area contributed by atoms with Crippen molar-refractivity contribution in [3.63, 3.8) is 0 Å². The van der Waals surface area contributed by atoms with Crippen LogP contribution in [0.1, 0.15) is 18.9 Å². The molecule has 16 heavy (non-hydrogen) atoms. The predicted molar refractivity (Wildman–Crippen MR) is 63.7 cm³/mol. The fraction of sp³-hybridized carbons (Fsp3) is 0.417. The molecule has 0 aliphatic carbocycles. The first-order chi connectivity index (χ1) is 7.49. The number of carbonyl (C=O) groups is 1. The summed E-state index contributed by atoms with van der Waals surface area (Å²) in [5, 5.41) is 0. The standard InChI is InChI=1S/C12H16N2O2/c1-7-4-9(13)12-10(5-7)14(3)11(15)6-8(2)16-12/h4-5,8H,6,13H2,1-3H3. The molecule has 0 spiro atoms. The minimum atomic E-state index is -0.138. The molecule has 0 fully saturated rings. The summed E-state index contributed by atoms with van der Waals surface area (Å²) in [6.45, 7) is 3.82. The number of carbonyl (C=O) groups excluding carboxylic acids is 1. The fourth-order valence-corrected chi connectivity index (χ4v) is 1.92. The first-order valence-electron chi connectivity index (χ1n) is 5.32. The van der Waals surface area contributed by atoms with Crippen molar-refractivity contribution in [2.24, 2.45) is 0 Å². The number of nitrogen functional groups attached to an aromatic ring is 1. The van der Waals surface area contributed by atoms with Crippen LogP contribution in [-0.4, -0.2) is 19.1 Å². The van der Waals surface area contributed by atoms with Crippen LogP contribution in [0.4, 0.5) is 11.4 Å². The van der Waals surface area contributed by atoms with Crippen molar-refractivity contribution in [2.75, 3.05) is 17.7 Å². The Labute approximate surface area is 95.0 Å². The number of rotatable bonds is 0. The van der Waals surface area contributed by atoms with Crippen molar-refractivity contribution < 1.29 is 9.53 Å². The van der Waals surface area contributed by atoms with Crippen LogP contribution in [0.5, 0.6) is 5.75 Å². The number of ether oxygens (including phenoxy) is 1. The molecule has 1 aliphatic heterocycles. The van der Waals surface area contributed by atoms with Crippen LogP contribution >= 0.6 is 0 Å². The molecule has 1 aromatic carbocycles. The van der Waals surface area contributed by atoms with E-state index in [1.165, 1.54) is 0 Å². The van der Waals surface area contributed by atoms with Gasteiger partial charge in [0.1, 0.15) is 6.10 Å². The SMILES string of the molecule is Cc1cc(N)c2c(c1)N(C)C(=O)CC(C)O2. The smallest absolute Gasteiger partial charge is 0.230 e. The fourth-order valence-electron chi connectivity index (χ4n) is 1.92. The van der Waals surface area contributed by atoms with E-state index >= 15 is 0 Å². The van der Waals surface area contributed by atoms with Gasteiger partial charge >= 0.3 is 0 Å². The summed E-state index contributed by atoms with van der Waals surface area (Å²) in [4.78, 5) is 13.4. The van der Waals surface area contributed by atoms with Crippen molar-refractivity contribution in [2.45, 2.75) is 26.4 Å². The molecule has 1 unspecified atom stereocenters. The van der Waals surface area contributed by atoms with Gasteiger partial charge in [-0.2, -0.15) is 0 Å². The van der Waals surface area contributed by atoms with Crippen LogP contribution in [0, 0.1) is 6.92 Å². The van der Waals surface area contributed by atoms with E-state index in [9.17, 15) is 4.79 Å². The molecule has 1 aliphatic rings. The van der Waals surface area contributed by atoms with E-state index in [1.807, 2.05) is 26.0 Å². The van der Waals surface area contributed by atoms with E-state index < -0.39 is 0 Å². The Bertz CT molecular complexity index is 443.